The molecule has 4 heterocycles. The van der Waals surface area contributed by atoms with Gasteiger partial charge in [-0.25, -0.2) is 19.6 Å². The lowest BCUT2D eigenvalue weighted by molar-refractivity contribution is 0.477. The van der Waals surface area contributed by atoms with Gasteiger partial charge in [0.05, 0.1) is 11.4 Å². The average molecular weight is 483 g/mol. The molecule has 1 aliphatic rings. The minimum absolute atomic E-state index is 0.155. The van der Waals surface area contributed by atoms with Crippen molar-refractivity contribution in [1.82, 2.24) is 34.9 Å². The van der Waals surface area contributed by atoms with E-state index in [0.29, 0.717) is 29.4 Å². The van der Waals surface area contributed by atoms with Crippen LogP contribution < -0.4 is 15.5 Å². The van der Waals surface area contributed by atoms with Crippen molar-refractivity contribution in [2.24, 2.45) is 0 Å². The average Bonchev–Trinajstić information content (AvgIpc) is 3.33. The van der Waals surface area contributed by atoms with Crippen molar-refractivity contribution < 1.29 is 5.11 Å². The van der Waals surface area contributed by atoms with Crippen LogP contribution in [0.5, 0.6) is 5.75 Å². The summed E-state index contributed by atoms with van der Waals surface area (Å²) in [7, 11) is 0. The highest BCUT2D eigenvalue weighted by Crippen LogP contribution is 2.32. The van der Waals surface area contributed by atoms with Gasteiger partial charge < -0.3 is 20.6 Å². The Balaban J connectivity index is 1.33. The second-order valence-corrected chi connectivity index (χ2v) is 8.47. The Morgan fingerprint density at radius 1 is 1.14 bits per heavy atom. The number of phenolic OH excluding ortho intramolecular Hbond substituents is 1. The van der Waals surface area contributed by atoms with Crippen LogP contribution in [0, 0.1) is 11.8 Å². The van der Waals surface area contributed by atoms with Gasteiger partial charge in [0.1, 0.15) is 30.8 Å². The summed E-state index contributed by atoms with van der Waals surface area (Å²) in [5.41, 5.74) is 8.24. The second-order valence-electron chi connectivity index (χ2n) is 8.47. The molecule has 1 aliphatic heterocycles. The number of rotatable bonds is 4. The molecular formula is C25H26N10O. The third kappa shape index (κ3) is 5.02. The van der Waals surface area contributed by atoms with Crippen molar-refractivity contribution in [3.8, 4) is 28.8 Å². The van der Waals surface area contributed by atoms with Crippen LogP contribution >= 0.6 is 0 Å². The molecule has 0 spiro atoms. The molecule has 5 rings (SSSR count). The summed E-state index contributed by atoms with van der Waals surface area (Å²) < 4.78 is 1.65. The van der Waals surface area contributed by atoms with Crippen LogP contribution in [-0.4, -0.2) is 65.7 Å². The van der Waals surface area contributed by atoms with Gasteiger partial charge in [0.25, 0.3) is 0 Å². The van der Waals surface area contributed by atoms with Gasteiger partial charge in [0.2, 0.25) is 5.82 Å². The molecule has 11 nitrogen and oxygen atoms in total. The molecule has 1 aromatic carbocycles. The summed E-state index contributed by atoms with van der Waals surface area (Å²) in [5.74, 6) is 7.86. The Hall–Kier alpha value is -4.72. The summed E-state index contributed by atoms with van der Waals surface area (Å²) in [5, 5.41) is 22.7. The second kappa shape index (κ2) is 10.3. The van der Waals surface area contributed by atoms with E-state index >= 15 is 0 Å². The molecule has 4 aromatic rings. The van der Waals surface area contributed by atoms with Crippen molar-refractivity contribution in [3.05, 3.63) is 61.1 Å². The van der Waals surface area contributed by atoms with Crippen molar-refractivity contribution in [2.45, 2.75) is 25.9 Å². The molecule has 3 N–H and O–H groups in total. The van der Waals surface area contributed by atoms with Crippen molar-refractivity contribution in [1.29, 1.82) is 0 Å². The van der Waals surface area contributed by atoms with E-state index in [-0.39, 0.29) is 11.8 Å². The zero-order valence-electron chi connectivity index (χ0n) is 19.9. The highest BCUT2D eigenvalue weighted by Gasteiger charge is 2.24. The van der Waals surface area contributed by atoms with Crippen LogP contribution in [0.1, 0.15) is 19.2 Å². The number of para-hydroxylation sites is 1. The molecular weight excluding hydrogens is 456 g/mol. The maximum atomic E-state index is 10.3. The smallest absolute Gasteiger partial charge is 0.206 e. The number of nitrogen functional groups attached to an aromatic ring is 1. The molecule has 0 bridgehead atoms. The highest BCUT2D eigenvalue weighted by atomic mass is 16.3. The minimum atomic E-state index is 0.155. The molecule has 1 saturated heterocycles. The minimum Gasteiger partial charge on any atom is -0.507 e. The number of hydrogen-bond acceptors (Lipinski definition) is 10. The number of benzene rings is 1. The van der Waals surface area contributed by atoms with E-state index in [4.69, 9.17) is 5.73 Å². The van der Waals surface area contributed by atoms with Crippen LogP contribution in [0.25, 0.3) is 11.3 Å². The molecule has 3 aromatic heterocycles. The number of aromatic nitrogens is 7. The number of anilines is 3. The maximum absolute atomic E-state index is 10.3. The van der Waals surface area contributed by atoms with Crippen molar-refractivity contribution in [3.63, 3.8) is 0 Å². The molecule has 1 atom stereocenters. The van der Waals surface area contributed by atoms with Crippen LogP contribution in [-0.2, 0) is 6.54 Å². The fourth-order valence-electron chi connectivity index (χ4n) is 4.19. The monoisotopic (exact) mass is 482 g/mol. The molecule has 0 amide bonds. The van der Waals surface area contributed by atoms with E-state index in [9.17, 15) is 5.11 Å². The van der Waals surface area contributed by atoms with E-state index < -0.39 is 0 Å². The van der Waals surface area contributed by atoms with E-state index in [2.05, 4.69) is 58.8 Å². The Labute approximate surface area is 208 Å². The van der Waals surface area contributed by atoms with Gasteiger partial charge in [0, 0.05) is 37.4 Å². The Bertz CT molecular complexity index is 1400. The van der Waals surface area contributed by atoms with Crippen molar-refractivity contribution in [2.75, 3.05) is 35.2 Å². The summed E-state index contributed by atoms with van der Waals surface area (Å²) >= 11 is 0. The number of nitrogens with zero attached hydrogens (tertiary/aromatic N) is 9. The van der Waals surface area contributed by atoms with Crippen LogP contribution in [0.2, 0.25) is 0 Å². The number of nitrogens with two attached hydrogens (primary N) is 1. The van der Waals surface area contributed by atoms with Gasteiger partial charge in [-0.15, -0.1) is 10.2 Å². The highest BCUT2D eigenvalue weighted by molar-refractivity contribution is 5.74. The zero-order valence-corrected chi connectivity index (χ0v) is 19.9. The van der Waals surface area contributed by atoms with Gasteiger partial charge >= 0.3 is 0 Å². The molecule has 0 unspecified atom stereocenters. The first kappa shape index (κ1) is 23.0. The quantitative estimate of drug-likeness (QED) is 0.416. The number of hydrogen-bond donors (Lipinski definition) is 2. The fourth-order valence-corrected chi connectivity index (χ4v) is 4.19. The van der Waals surface area contributed by atoms with Gasteiger partial charge in [-0.05, 0) is 43.5 Å². The third-order valence-electron chi connectivity index (χ3n) is 6.12. The van der Waals surface area contributed by atoms with Gasteiger partial charge in [0.15, 0.2) is 5.82 Å². The molecule has 0 aliphatic carbocycles. The summed E-state index contributed by atoms with van der Waals surface area (Å²) in [4.78, 5) is 17.4. The molecule has 182 valence electrons. The lowest BCUT2D eigenvalue weighted by Crippen LogP contribution is -2.35. The Morgan fingerprint density at radius 3 is 2.86 bits per heavy atom. The van der Waals surface area contributed by atoms with Gasteiger partial charge in [-0.3, -0.25) is 0 Å². The summed E-state index contributed by atoms with van der Waals surface area (Å²) in [6.07, 6.45) is 5.73. The third-order valence-corrected chi connectivity index (χ3v) is 6.12. The van der Waals surface area contributed by atoms with Crippen LogP contribution in [0.15, 0.2) is 55.2 Å². The summed E-state index contributed by atoms with van der Waals surface area (Å²) in [6.45, 7) is 4.86. The van der Waals surface area contributed by atoms with Gasteiger partial charge in [-0.1, -0.05) is 18.1 Å². The molecule has 0 radical (unpaired) electrons. The molecule has 36 heavy (non-hydrogen) atoms. The number of phenols is 1. The lowest BCUT2D eigenvalue weighted by atomic mass is 10.1. The van der Waals surface area contributed by atoms with E-state index in [1.807, 2.05) is 24.3 Å². The predicted octanol–water partition coefficient (Wildman–Crippen LogP) is 1.97. The predicted molar refractivity (Wildman–Crippen MR) is 136 cm³/mol. The normalized spacial score (nSPS) is 15.8. The van der Waals surface area contributed by atoms with Gasteiger partial charge in [-0.2, -0.15) is 5.10 Å². The zero-order chi connectivity index (χ0) is 24.9. The van der Waals surface area contributed by atoms with E-state index in [0.717, 1.165) is 37.6 Å². The Morgan fingerprint density at radius 2 is 2.03 bits per heavy atom. The maximum Gasteiger partial charge on any atom is 0.206 e. The number of aromatic hydroxyl groups is 1. The fraction of sp³-hybridized carbons (Fsp3) is 0.280. The first-order valence-corrected chi connectivity index (χ1v) is 11.7. The largest absolute Gasteiger partial charge is 0.507 e. The molecule has 0 saturated carbocycles. The SMILES string of the molecule is C[C@H]1CCN(c2cc(-c3ccccc3O)nnc2N)CCN1c1ccnc(C#CCn2cncn2)n1. The lowest BCUT2D eigenvalue weighted by Gasteiger charge is -2.28. The van der Waals surface area contributed by atoms with E-state index in [1.165, 1.54) is 6.33 Å². The topological polar surface area (TPSA) is 135 Å². The Kier molecular flexibility index (Phi) is 6.57. The first-order chi connectivity index (χ1) is 17.6. The summed E-state index contributed by atoms with van der Waals surface area (Å²) in [6, 6.07) is 11.1. The van der Waals surface area contributed by atoms with E-state index in [1.54, 1.807) is 29.3 Å². The van der Waals surface area contributed by atoms with Crippen molar-refractivity contribution >= 4 is 17.3 Å². The molecule has 1 fully saturated rings. The van der Waals surface area contributed by atoms with Crippen LogP contribution in [0.3, 0.4) is 0 Å². The molecule has 11 heteroatoms. The first-order valence-electron chi connectivity index (χ1n) is 11.7. The van der Waals surface area contributed by atoms with Crippen LogP contribution in [0.4, 0.5) is 17.3 Å². The standard InChI is InChI=1S/C25H26N10O/c1-18-9-12-33(21-15-20(31-32-25(21)26)19-5-2-3-6-22(19)36)13-14-35(18)24-8-10-28-23(30-24)7-4-11-34-17-27-16-29-34/h2-3,5-6,8,10,15-18,36H,9,11-14H2,1H3,(H2,26,32)/t18-/m0/s1.